The third kappa shape index (κ3) is 4.43. The molecule has 0 spiro atoms. The van der Waals surface area contributed by atoms with E-state index in [1.165, 1.54) is 38.5 Å². The molecule has 0 aromatic heterocycles. The van der Waals surface area contributed by atoms with Gasteiger partial charge in [-0.05, 0) is 38.6 Å². The van der Waals surface area contributed by atoms with Crippen molar-refractivity contribution in [2.75, 3.05) is 13.2 Å². The Labute approximate surface area is 88.4 Å². The summed E-state index contributed by atoms with van der Waals surface area (Å²) < 4.78 is 5.83. The first-order chi connectivity index (χ1) is 6.86. The molecule has 1 fully saturated rings. The smallest absolute Gasteiger partial charge is 0.0623 e. The van der Waals surface area contributed by atoms with Crippen LogP contribution in [0.25, 0.3) is 0 Å². The van der Waals surface area contributed by atoms with Crippen molar-refractivity contribution < 1.29 is 4.74 Å². The van der Waals surface area contributed by atoms with Crippen LogP contribution in [0.15, 0.2) is 0 Å². The molecular weight excluding hydrogens is 174 g/mol. The van der Waals surface area contributed by atoms with Crippen molar-refractivity contribution in [2.24, 2.45) is 0 Å². The lowest BCUT2D eigenvalue weighted by molar-refractivity contribution is -0.00941. The Bertz CT molecular complexity index is 134. The first-order valence-corrected chi connectivity index (χ1v) is 6.21. The standard InChI is InChI=1S/C12H25NO/c1-3-6-11(13-9-4-2)10-14-12-7-5-8-12/h11-13H,3-10H2,1-2H3. The number of nitrogens with one attached hydrogen (secondary N) is 1. The SMILES string of the molecule is CCCNC(CCC)COC1CCC1. The summed E-state index contributed by atoms with van der Waals surface area (Å²) in [7, 11) is 0. The van der Waals surface area contributed by atoms with Gasteiger partial charge in [0.15, 0.2) is 0 Å². The van der Waals surface area contributed by atoms with Crippen LogP contribution in [0.2, 0.25) is 0 Å². The summed E-state index contributed by atoms with van der Waals surface area (Å²) in [6.45, 7) is 6.49. The number of rotatable bonds is 8. The molecule has 1 atom stereocenters. The van der Waals surface area contributed by atoms with E-state index in [4.69, 9.17) is 4.74 Å². The van der Waals surface area contributed by atoms with Crippen LogP contribution < -0.4 is 5.32 Å². The second-order valence-electron chi connectivity index (χ2n) is 4.33. The van der Waals surface area contributed by atoms with E-state index in [2.05, 4.69) is 19.2 Å². The molecule has 0 aromatic rings. The molecule has 0 bridgehead atoms. The van der Waals surface area contributed by atoms with E-state index in [0.29, 0.717) is 12.1 Å². The highest BCUT2D eigenvalue weighted by Gasteiger charge is 2.19. The molecule has 0 aliphatic heterocycles. The van der Waals surface area contributed by atoms with Gasteiger partial charge in [-0.3, -0.25) is 0 Å². The summed E-state index contributed by atoms with van der Waals surface area (Å²) in [5, 5.41) is 3.55. The van der Waals surface area contributed by atoms with Gasteiger partial charge in [-0.1, -0.05) is 20.3 Å². The van der Waals surface area contributed by atoms with E-state index in [-0.39, 0.29) is 0 Å². The van der Waals surface area contributed by atoms with Gasteiger partial charge in [-0.25, -0.2) is 0 Å². The van der Waals surface area contributed by atoms with Crippen LogP contribution in [0.4, 0.5) is 0 Å². The molecule has 1 unspecified atom stereocenters. The largest absolute Gasteiger partial charge is 0.377 e. The van der Waals surface area contributed by atoms with Crippen LogP contribution in [-0.2, 0) is 4.74 Å². The molecule has 0 amide bonds. The minimum atomic E-state index is 0.581. The van der Waals surface area contributed by atoms with Crippen molar-refractivity contribution in [3.05, 3.63) is 0 Å². The Morgan fingerprint density at radius 3 is 2.57 bits per heavy atom. The molecule has 2 heteroatoms. The van der Waals surface area contributed by atoms with Gasteiger partial charge in [0, 0.05) is 6.04 Å². The van der Waals surface area contributed by atoms with Crippen LogP contribution >= 0.6 is 0 Å². The van der Waals surface area contributed by atoms with Gasteiger partial charge in [0.25, 0.3) is 0 Å². The summed E-state index contributed by atoms with van der Waals surface area (Å²) in [6, 6.07) is 0.584. The first kappa shape index (κ1) is 12.0. The normalized spacial score (nSPS) is 19.3. The van der Waals surface area contributed by atoms with E-state index in [1.807, 2.05) is 0 Å². The number of hydrogen-bond acceptors (Lipinski definition) is 2. The molecule has 1 aliphatic carbocycles. The van der Waals surface area contributed by atoms with Crippen molar-refractivity contribution in [1.29, 1.82) is 0 Å². The predicted octanol–water partition coefficient (Wildman–Crippen LogP) is 2.72. The van der Waals surface area contributed by atoms with Crippen molar-refractivity contribution in [3.63, 3.8) is 0 Å². The highest BCUT2D eigenvalue weighted by atomic mass is 16.5. The zero-order valence-electron chi connectivity index (χ0n) is 9.72. The van der Waals surface area contributed by atoms with E-state index < -0.39 is 0 Å². The molecule has 1 rings (SSSR count). The monoisotopic (exact) mass is 199 g/mol. The highest BCUT2D eigenvalue weighted by molar-refractivity contribution is 4.72. The molecular formula is C12H25NO. The van der Waals surface area contributed by atoms with Gasteiger partial charge in [-0.15, -0.1) is 0 Å². The van der Waals surface area contributed by atoms with E-state index in [0.717, 1.165) is 13.2 Å². The van der Waals surface area contributed by atoms with Crippen LogP contribution in [0.5, 0.6) is 0 Å². The Morgan fingerprint density at radius 1 is 1.29 bits per heavy atom. The summed E-state index contributed by atoms with van der Waals surface area (Å²) in [5.41, 5.74) is 0. The number of ether oxygens (including phenoxy) is 1. The van der Waals surface area contributed by atoms with Crippen LogP contribution in [0, 0.1) is 0 Å². The lowest BCUT2D eigenvalue weighted by Gasteiger charge is -2.28. The minimum Gasteiger partial charge on any atom is -0.377 e. The van der Waals surface area contributed by atoms with E-state index >= 15 is 0 Å². The second kappa shape index (κ2) is 7.24. The fraction of sp³-hybridized carbons (Fsp3) is 1.00. The molecule has 84 valence electrons. The Morgan fingerprint density at radius 2 is 2.07 bits per heavy atom. The average molecular weight is 199 g/mol. The molecule has 14 heavy (non-hydrogen) atoms. The maximum Gasteiger partial charge on any atom is 0.0623 e. The predicted molar refractivity (Wildman–Crippen MR) is 60.6 cm³/mol. The summed E-state index contributed by atoms with van der Waals surface area (Å²) in [4.78, 5) is 0. The maximum atomic E-state index is 5.83. The van der Waals surface area contributed by atoms with Gasteiger partial charge in [0.2, 0.25) is 0 Å². The molecule has 1 aliphatic rings. The third-order valence-corrected chi connectivity index (χ3v) is 2.91. The summed E-state index contributed by atoms with van der Waals surface area (Å²) >= 11 is 0. The third-order valence-electron chi connectivity index (χ3n) is 2.91. The molecule has 0 radical (unpaired) electrons. The van der Waals surface area contributed by atoms with Crippen LogP contribution in [0.1, 0.15) is 52.4 Å². The molecule has 0 heterocycles. The van der Waals surface area contributed by atoms with Gasteiger partial charge < -0.3 is 10.1 Å². The maximum absolute atomic E-state index is 5.83. The first-order valence-electron chi connectivity index (χ1n) is 6.21. The molecule has 1 saturated carbocycles. The molecule has 1 N–H and O–H groups in total. The zero-order valence-corrected chi connectivity index (χ0v) is 9.72. The fourth-order valence-corrected chi connectivity index (χ4v) is 1.73. The van der Waals surface area contributed by atoms with Gasteiger partial charge in [-0.2, -0.15) is 0 Å². The molecule has 0 aromatic carbocycles. The quantitative estimate of drug-likeness (QED) is 0.649. The van der Waals surface area contributed by atoms with Crippen LogP contribution in [0.3, 0.4) is 0 Å². The van der Waals surface area contributed by atoms with Crippen LogP contribution in [-0.4, -0.2) is 25.3 Å². The lowest BCUT2D eigenvalue weighted by atomic mass is 9.96. The van der Waals surface area contributed by atoms with Gasteiger partial charge in [0.05, 0.1) is 12.7 Å². The molecule has 2 nitrogen and oxygen atoms in total. The Balaban J connectivity index is 2.06. The Kier molecular flexibility index (Phi) is 6.20. The second-order valence-corrected chi connectivity index (χ2v) is 4.33. The highest BCUT2D eigenvalue weighted by Crippen LogP contribution is 2.22. The number of hydrogen-bond donors (Lipinski definition) is 1. The molecule has 0 saturated heterocycles. The topological polar surface area (TPSA) is 21.3 Å². The van der Waals surface area contributed by atoms with Gasteiger partial charge >= 0.3 is 0 Å². The summed E-state index contributed by atoms with van der Waals surface area (Å²) in [5.74, 6) is 0. The lowest BCUT2D eigenvalue weighted by Crippen LogP contribution is -2.36. The summed E-state index contributed by atoms with van der Waals surface area (Å²) in [6.07, 6.45) is 8.22. The van der Waals surface area contributed by atoms with Crippen molar-refractivity contribution in [3.8, 4) is 0 Å². The van der Waals surface area contributed by atoms with Gasteiger partial charge in [0.1, 0.15) is 0 Å². The Hall–Kier alpha value is -0.0800. The average Bonchev–Trinajstić information content (AvgIpc) is 2.11. The minimum absolute atomic E-state index is 0.581. The van der Waals surface area contributed by atoms with Crippen molar-refractivity contribution in [1.82, 2.24) is 5.32 Å². The zero-order chi connectivity index (χ0) is 10.2. The van der Waals surface area contributed by atoms with Crippen molar-refractivity contribution >= 4 is 0 Å². The fourth-order valence-electron chi connectivity index (χ4n) is 1.73. The van der Waals surface area contributed by atoms with E-state index in [9.17, 15) is 0 Å². The van der Waals surface area contributed by atoms with Crippen molar-refractivity contribution in [2.45, 2.75) is 64.5 Å². The van der Waals surface area contributed by atoms with E-state index in [1.54, 1.807) is 0 Å².